The Hall–Kier alpha value is -1.10. The molecule has 0 N–H and O–H groups in total. The van der Waals surface area contributed by atoms with Crippen LogP contribution in [-0.4, -0.2) is 5.78 Å². The van der Waals surface area contributed by atoms with Gasteiger partial charge in [0.1, 0.15) is 0 Å². The Labute approximate surface area is 99.1 Å². The minimum absolute atomic E-state index is 0.0219. The molecule has 0 spiro atoms. The van der Waals surface area contributed by atoms with E-state index in [0.717, 1.165) is 6.07 Å². The van der Waals surface area contributed by atoms with Crippen LogP contribution in [0.1, 0.15) is 22.8 Å². The first-order chi connectivity index (χ1) is 7.36. The fraction of sp³-hybridized carbons (Fsp3) is 0.182. The summed E-state index contributed by atoms with van der Waals surface area (Å²) in [7, 11) is 0. The number of ketones is 1. The molecule has 1 aromatic rings. The van der Waals surface area contributed by atoms with Gasteiger partial charge in [0.2, 0.25) is 0 Å². The molecule has 0 amide bonds. The Kier molecular flexibility index (Phi) is 3.91. The van der Waals surface area contributed by atoms with Crippen LogP contribution >= 0.6 is 15.9 Å². The van der Waals surface area contributed by atoms with Crippen LogP contribution in [0, 0.1) is 0 Å². The lowest BCUT2D eigenvalue weighted by Gasteiger charge is -2.09. The van der Waals surface area contributed by atoms with Crippen LogP contribution in [0.3, 0.4) is 0 Å². The Morgan fingerprint density at radius 2 is 2.00 bits per heavy atom. The van der Waals surface area contributed by atoms with Crippen molar-refractivity contribution in [3.63, 3.8) is 0 Å². The van der Waals surface area contributed by atoms with E-state index >= 15 is 0 Å². The van der Waals surface area contributed by atoms with E-state index in [0.29, 0.717) is 0 Å². The van der Waals surface area contributed by atoms with Crippen molar-refractivity contribution >= 4 is 21.7 Å². The van der Waals surface area contributed by atoms with E-state index in [-0.39, 0.29) is 10.0 Å². The molecule has 0 unspecified atom stereocenters. The molecular weight excluding hydrogens is 285 g/mol. The zero-order valence-corrected chi connectivity index (χ0v) is 9.89. The van der Waals surface area contributed by atoms with E-state index in [4.69, 9.17) is 0 Å². The molecule has 0 aliphatic carbocycles. The van der Waals surface area contributed by atoms with Gasteiger partial charge in [-0.1, -0.05) is 22.0 Å². The van der Waals surface area contributed by atoms with Crippen molar-refractivity contribution in [2.24, 2.45) is 0 Å². The minimum atomic E-state index is -4.47. The number of carbonyl (C=O) groups excluding carboxylic acids is 1. The highest BCUT2D eigenvalue weighted by molar-refractivity contribution is 9.10. The normalized spacial score (nSPS) is 12.1. The highest BCUT2D eigenvalue weighted by Crippen LogP contribution is 2.35. The lowest BCUT2D eigenvalue weighted by atomic mass is 10.1. The average molecular weight is 293 g/mol. The molecule has 5 heteroatoms. The molecule has 0 heterocycles. The number of benzene rings is 1. The van der Waals surface area contributed by atoms with Crippen LogP contribution < -0.4 is 0 Å². The average Bonchev–Trinajstić information content (AvgIpc) is 2.16. The Bertz CT molecular complexity index is 435. The first-order valence-corrected chi connectivity index (χ1v) is 5.19. The third kappa shape index (κ3) is 2.95. The largest absolute Gasteiger partial charge is 0.417 e. The monoisotopic (exact) mass is 292 g/mol. The Morgan fingerprint density at radius 1 is 1.38 bits per heavy atom. The molecule has 86 valence electrons. The lowest BCUT2D eigenvalue weighted by Crippen LogP contribution is -2.08. The summed E-state index contributed by atoms with van der Waals surface area (Å²) >= 11 is 2.81. The van der Waals surface area contributed by atoms with Crippen molar-refractivity contribution in [2.45, 2.75) is 13.1 Å². The van der Waals surface area contributed by atoms with Crippen LogP contribution in [-0.2, 0) is 6.18 Å². The molecule has 0 aliphatic heterocycles. The van der Waals surface area contributed by atoms with Gasteiger partial charge in [0.15, 0.2) is 5.78 Å². The number of rotatable bonds is 2. The van der Waals surface area contributed by atoms with Crippen LogP contribution in [0.4, 0.5) is 13.2 Å². The maximum Gasteiger partial charge on any atom is 0.417 e. The number of hydrogen-bond acceptors (Lipinski definition) is 1. The predicted octanol–water partition coefficient (Wildman–Crippen LogP) is 4.23. The Morgan fingerprint density at radius 3 is 2.50 bits per heavy atom. The second kappa shape index (κ2) is 4.82. The van der Waals surface area contributed by atoms with Gasteiger partial charge in [0, 0.05) is 10.0 Å². The maximum absolute atomic E-state index is 12.5. The molecule has 0 aliphatic rings. The second-order valence-electron chi connectivity index (χ2n) is 3.06. The van der Waals surface area contributed by atoms with Crippen molar-refractivity contribution in [3.8, 4) is 0 Å². The van der Waals surface area contributed by atoms with Crippen LogP contribution in [0.2, 0.25) is 0 Å². The fourth-order valence-corrected chi connectivity index (χ4v) is 1.61. The topological polar surface area (TPSA) is 17.1 Å². The van der Waals surface area contributed by atoms with Gasteiger partial charge < -0.3 is 0 Å². The number of hydrogen-bond donors (Lipinski definition) is 0. The molecule has 16 heavy (non-hydrogen) atoms. The summed E-state index contributed by atoms with van der Waals surface area (Å²) in [5.41, 5.74) is -0.823. The fourth-order valence-electron chi connectivity index (χ4n) is 1.14. The molecule has 0 bridgehead atoms. The van der Waals surface area contributed by atoms with Gasteiger partial charge in [-0.25, -0.2) is 0 Å². The molecule has 0 fully saturated rings. The maximum atomic E-state index is 12.5. The standard InChI is InChI=1S/C11H8BrF3O/c1-2-3-10(16)7-4-5-9(12)8(6-7)11(13,14)15/h2-6H,1H3. The first-order valence-electron chi connectivity index (χ1n) is 4.40. The zero-order valence-electron chi connectivity index (χ0n) is 8.31. The van der Waals surface area contributed by atoms with Gasteiger partial charge in [-0.05, 0) is 31.2 Å². The summed E-state index contributed by atoms with van der Waals surface area (Å²) in [6.07, 6.45) is -1.76. The van der Waals surface area contributed by atoms with Crippen molar-refractivity contribution < 1.29 is 18.0 Å². The molecule has 0 saturated carbocycles. The zero-order chi connectivity index (χ0) is 12.3. The van der Waals surface area contributed by atoms with Crippen molar-refractivity contribution in [1.82, 2.24) is 0 Å². The van der Waals surface area contributed by atoms with Gasteiger partial charge in [0.25, 0.3) is 0 Å². The smallest absolute Gasteiger partial charge is 0.289 e. The number of carbonyl (C=O) groups is 1. The first kappa shape index (κ1) is 13.0. The summed E-state index contributed by atoms with van der Waals surface area (Å²) in [5.74, 6) is -0.444. The third-order valence-electron chi connectivity index (χ3n) is 1.87. The predicted molar refractivity (Wildman–Crippen MR) is 58.3 cm³/mol. The van der Waals surface area contributed by atoms with Gasteiger partial charge >= 0.3 is 6.18 Å². The summed E-state index contributed by atoms with van der Waals surface area (Å²) in [4.78, 5) is 11.4. The molecule has 1 aromatic carbocycles. The highest BCUT2D eigenvalue weighted by Gasteiger charge is 2.33. The van der Waals surface area contributed by atoms with E-state index in [1.807, 2.05) is 0 Å². The van der Waals surface area contributed by atoms with Crippen LogP contribution in [0.25, 0.3) is 0 Å². The highest BCUT2D eigenvalue weighted by atomic mass is 79.9. The van der Waals surface area contributed by atoms with Gasteiger partial charge in [-0.3, -0.25) is 4.79 Å². The molecule has 1 rings (SSSR count). The van der Waals surface area contributed by atoms with E-state index < -0.39 is 17.5 Å². The Balaban J connectivity index is 3.23. The molecule has 0 radical (unpaired) electrons. The van der Waals surface area contributed by atoms with Gasteiger partial charge in [-0.15, -0.1) is 0 Å². The van der Waals surface area contributed by atoms with E-state index in [1.165, 1.54) is 24.3 Å². The molecule has 0 atom stereocenters. The SMILES string of the molecule is CC=CC(=O)c1ccc(Br)c(C(F)(F)F)c1. The second-order valence-corrected chi connectivity index (χ2v) is 3.91. The lowest BCUT2D eigenvalue weighted by molar-refractivity contribution is -0.138. The molecule has 0 aromatic heterocycles. The summed E-state index contributed by atoms with van der Waals surface area (Å²) < 4.78 is 37.5. The number of halogens is 4. The number of alkyl halides is 3. The summed E-state index contributed by atoms with van der Waals surface area (Å²) in [6.45, 7) is 1.63. The van der Waals surface area contributed by atoms with Gasteiger partial charge in [0.05, 0.1) is 5.56 Å². The summed E-state index contributed by atoms with van der Waals surface area (Å²) in [5, 5.41) is 0. The molecule has 0 saturated heterocycles. The van der Waals surface area contributed by atoms with Gasteiger partial charge in [-0.2, -0.15) is 13.2 Å². The third-order valence-corrected chi connectivity index (χ3v) is 2.57. The van der Waals surface area contributed by atoms with E-state index in [9.17, 15) is 18.0 Å². The summed E-state index contributed by atoms with van der Waals surface area (Å²) in [6, 6.07) is 3.41. The molecular formula is C11H8BrF3O. The van der Waals surface area contributed by atoms with Crippen LogP contribution in [0.5, 0.6) is 0 Å². The van der Waals surface area contributed by atoms with Crippen molar-refractivity contribution in [3.05, 3.63) is 46.0 Å². The van der Waals surface area contributed by atoms with Crippen LogP contribution in [0.15, 0.2) is 34.8 Å². The quantitative estimate of drug-likeness (QED) is 0.589. The number of allylic oxidation sites excluding steroid dienone is 2. The van der Waals surface area contributed by atoms with Crippen molar-refractivity contribution in [1.29, 1.82) is 0 Å². The van der Waals surface area contributed by atoms with E-state index in [1.54, 1.807) is 6.92 Å². The van der Waals surface area contributed by atoms with Crippen molar-refractivity contribution in [2.75, 3.05) is 0 Å². The van der Waals surface area contributed by atoms with E-state index in [2.05, 4.69) is 15.9 Å². The minimum Gasteiger partial charge on any atom is -0.289 e. The molecule has 1 nitrogen and oxygen atoms in total.